The first kappa shape index (κ1) is 14.7. The lowest BCUT2D eigenvalue weighted by atomic mass is 9.97. The maximum atomic E-state index is 12.3. The number of carbonyl (C=O) groups excluding carboxylic acids is 1. The molecule has 1 aliphatic rings. The molecule has 2 N–H and O–H groups in total. The number of ether oxygens (including phenoxy) is 1. The third kappa shape index (κ3) is 3.65. The molecule has 1 saturated heterocycles. The summed E-state index contributed by atoms with van der Waals surface area (Å²) in [4.78, 5) is 14.3. The van der Waals surface area contributed by atoms with Gasteiger partial charge in [-0.3, -0.25) is 4.79 Å². The first-order chi connectivity index (χ1) is 9.58. The molecular formula is C16H24N2O2. The summed E-state index contributed by atoms with van der Waals surface area (Å²) in [6.07, 6.45) is 3.86. The molecule has 20 heavy (non-hydrogen) atoms. The molecular weight excluding hydrogens is 252 g/mol. The minimum atomic E-state index is 0.195. The Morgan fingerprint density at radius 1 is 1.25 bits per heavy atom. The van der Waals surface area contributed by atoms with Crippen molar-refractivity contribution < 1.29 is 9.53 Å². The van der Waals surface area contributed by atoms with E-state index in [4.69, 9.17) is 10.5 Å². The van der Waals surface area contributed by atoms with Crippen molar-refractivity contribution >= 4 is 11.6 Å². The lowest BCUT2D eigenvalue weighted by Gasteiger charge is -2.39. The van der Waals surface area contributed by atoms with Gasteiger partial charge in [-0.1, -0.05) is 0 Å². The first-order valence-corrected chi connectivity index (χ1v) is 7.37. The van der Waals surface area contributed by atoms with Crippen molar-refractivity contribution in [2.75, 3.05) is 12.3 Å². The maximum absolute atomic E-state index is 12.3. The van der Waals surface area contributed by atoms with Crippen molar-refractivity contribution in [1.29, 1.82) is 0 Å². The van der Waals surface area contributed by atoms with Crippen LogP contribution in [-0.2, 0) is 4.79 Å². The maximum Gasteiger partial charge on any atom is 0.226 e. The Hall–Kier alpha value is -1.71. The molecule has 1 aliphatic heterocycles. The van der Waals surface area contributed by atoms with E-state index < -0.39 is 0 Å². The van der Waals surface area contributed by atoms with E-state index in [0.29, 0.717) is 30.8 Å². The summed E-state index contributed by atoms with van der Waals surface area (Å²) in [6.45, 7) is 4.68. The monoisotopic (exact) mass is 276 g/mol. The van der Waals surface area contributed by atoms with Gasteiger partial charge >= 0.3 is 0 Å². The zero-order chi connectivity index (χ0) is 14.5. The number of piperidine rings is 1. The summed E-state index contributed by atoms with van der Waals surface area (Å²) < 4.78 is 5.59. The predicted octanol–water partition coefficient (Wildman–Crippen LogP) is 2.83. The zero-order valence-electron chi connectivity index (χ0n) is 12.3. The molecule has 0 aromatic heterocycles. The fourth-order valence-electron chi connectivity index (χ4n) is 2.86. The van der Waals surface area contributed by atoms with Gasteiger partial charge in [-0.25, -0.2) is 0 Å². The number of benzene rings is 1. The van der Waals surface area contributed by atoms with Gasteiger partial charge in [-0.05, 0) is 57.4 Å². The first-order valence-electron chi connectivity index (χ1n) is 7.37. The van der Waals surface area contributed by atoms with Crippen LogP contribution in [0.4, 0.5) is 5.69 Å². The van der Waals surface area contributed by atoms with Gasteiger partial charge in [0, 0.05) is 17.8 Å². The number of anilines is 1. The van der Waals surface area contributed by atoms with Crippen molar-refractivity contribution in [1.82, 2.24) is 4.90 Å². The molecule has 0 unspecified atom stereocenters. The molecule has 1 aromatic carbocycles. The molecule has 0 bridgehead atoms. The Balaban J connectivity index is 1.81. The van der Waals surface area contributed by atoms with E-state index in [9.17, 15) is 4.79 Å². The van der Waals surface area contributed by atoms with Crippen LogP contribution in [0.5, 0.6) is 5.75 Å². The average Bonchev–Trinajstić information content (AvgIpc) is 2.41. The third-order valence-electron chi connectivity index (χ3n) is 3.95. The van der Waals surface area contributed by atoms with Crippen LogP contribution in [0.2, 0.25) is 0 Å². The Kier molecular flexibility index (Phi) is 4.88. The molecule has 0 saturated carbocycles. The van der Waals surface area contributed by atoms with Gasteiger partial charge in [0.05, 0.1) is 13.0 Å². The zero-order valence-corrected chi connectivity index (χ0v) is 12.3. The molecule has 4 nitrogen and oxygen atoms in total. The van der Waals surface area contributed by atoms with Gasteiger partial charge in [0.25, 0.3) is 0 Å². The second kappa shape index (κ2) is 6.64. The Labute approximate surface area is 120 Å². The number of hydrogen-bond acceptors (Lipinski definition) is 3. The predicted molar refractivity (Wildman–Crippen MR) is 80.6 cm³/mol. The van der Waals surface area contributed by atoms with Crippen LogP contribution in [0.25, 0.3) is 0 Å². The van der Waals surface area contributed by atoms with Gasteiger partial charge < -0.3 is 15.4 Å². The van der Waals surface area contributed by atoms with E-state index in [2.05, 4.69) is 13.8 Å². The van der Waals surface area contributed by atoms with Crippen LogP contribution in [-0.4, -0.2) is 29.5 Å². The smallest absolute Gasteiger partial charge is 0.226 e. The van der Waals surface area contributed by atoms with Gasteiger partial charge in [-0.15, -0.1) is 0 Å². The van der Waals surface area contributed by atoms with Crippen LogP contribution >= 0.6 is 0 Å². The van der Waals surface area contributed by atoms with E-state index >= 15 is 0 Å². The molecule has 1 amide bonds. The molecule has 1 fully saturated rings. The van der Waals surface area contributed by atoms with Crippen molar-refractivity contribution in [3.63, 3.8) is 0 Å². The van der Waals surface area contributed by atoms with Gasteiger partial charge in [0.1, 0.15) is 5.75 Å². The molecule has 2 atom stereocenters. The SMILES string of the molecule is C[C@@H]1CCC[C@H](C)N1C(=O)CCOc1ccc(N)cc1. The highest BCUT2D eigenvalue weighted by Gasteiger charge is 2.28. The Morgan fingerprint density at radius 2 is 1.85 bits per heavy atom. The van der Waals surface area contributed by atoms with Gasteiger partial charge in [0.15, 0.2) is 0 Å². The highest BCUT2D eigenvalue weighted by Crippen LogP contribution is 2.23. The molecule has 1 aromatic rings. The molecule has 4 heteroatoms. The number of nitrogen functional groups attached to an aromatic ring is 1. The number of rotatable bonds is 4. The van der Waals surface area contributed by atoms with Crippen molar-refractivity contribution in [3.05, 3.63) is 24.3 Å². The quantitative estimate of drug-likeness (QED) is 0.860. The fourth-order valence-corrected chi connectivity index (χ4v) is 2.86. The minimum absolute atomic E-state index is 0.195. The lowest BCUT2D eigenvalue weighted by molar-refractivity contribution is -0.137. The summed E-state index contributed by atoms with van der Waals surface area (Å²) >= 11 is 0. The normalized spacial score (nSPS) is 22.6. The van der Waals surface area contributed by atoms with Gasteiger partial charge in [-0.2, -0.15) is 0 Å². The number of carbonyl (C=O) groups is 1. The molecule has 0 aliphatic carbocycles. The second-order valence-corrected chi connectivity index (χ2v) is 5.60. The number of nitrogens with zero attached hydrogens (tertiary/aromatic N) is 1. The van der Waals surface area contributed by atoms with Crippen LogP contribution in [0, 0.1) is 0 Å². The summed E-state index contributed by atoms with van der Waals surface area (Å²) in [5, 5.41) is 0. The van der Waals surface area contributed by atoms with Crippen LogP contribution in [0.3, 0.4) is 0 Å². The molecule has 0 radical (unpaired) electrons. The summed E-state index contributed by atoms with van der Waals surface area (Å²) in [7, 11) is 0. The lowest BCUT2D eigenvalue weighted by Crippen LogP contribution is -2.47. The number of hydrogen-bond donors (Lipinski definition) is 1. The van der Waals surface area contributed by atoms with E-state index in [0.717, 1.165) is 18.6 Å². The Morgan fingerprint density at radius 3 is 2.45 bits per heavy atom. The summed E-state index contributed by atoms with van der Waals surface area (Å²) in [5.74, 6) is 0.951. The minimum Gasteiger partial charge on any atom is -0.493 e. The standard InChI is InChI=1S/C16H24N2O2/c1-12-4-3-5-13(2)18(12)16(19)10-11-20-15-8-6-14(17)7-9-15/h6-9,12-13H,3-5,10-11,17H2,1-2H3/t12-,13+. The molecule has 1 heterocycles. The summed E-state index contributed by atoms with van der Waals surface area (Å²) in [6, 6.07) is 7.95. The third-order valence-corrected chi connectivity index (χ3v) is 3.95. The largest absolute Gasteiger partial charge is 0.493 e. The Bertz CT molecular complexity index is 434. The number of nitrogens with two attached hydrogens (primary N) is 1. The van der Waals surface area contributed by atoms with Gasteiger partial charge in [0.2, 0.25) is 5.91 Å². The summed E-state index contributed by atoms with van der Waals surface area (Å²) in [5.41, 5.74) is 6.33. The second-order valence-electron chi connectivity index (χ2n) is 5.60. The number of likely N-dealkylation sites (tertiary alicyclic amines) is 1. The van der Waals surface area contributed by atoms with Crippen LogP contribution in [0.15, 0.2) is 24.3 Å². The fraction of sp³-hybridized carbons (Fsp3) is 0.562. The van der Waals surface area contributed by atoms with Crippen molar-refractivity contribution in [3.8, 4) is 5.75 Å². The van der Waals surface area contributed by atoms with Crippen molar-refractivity contribution in [2.45, 2.75) is 51.6 Å². The van der Waals surface area contributed by atoms with Crippen LogP contribution < -0.4 is 10.5 Å². The van der Waals surface area contributed by atoms with E-state index in [1.165, 1.54) is 6.42 Å². The molecule has 2 rings (SSSR count). The van der Waals surface area contributed by atoms with E-state index in [1.54, 1.807) is 12.1 Å². The van der Waals surface area contributed by atoms with Crippen LogP contribution in [0.1, 0.15) is 39.5 Å². The highest BCUT2D eigenvalue weighted by atomic mass is 16.5. The molecule has 110 valence electrons. The van der Waals surface area contributed by atoms with E-state index in [1.807, 2.05) is 17.0 Å². The van der Waals surface area contributed by atoms with Crippen molar-refractivity contribution in [2.24, 2.45) is 0 Å². The topological polar surface area (TPSA) is 55.6 Å². The van der Waals surface area contributed by atoms with E-state index in [-0.39, 0.29) is 5.91 Å². The average molecular weight is 276 g/mol. The highest BCUT2D eigenvalue weighted by molar-refractivity contribution is 5.77. The number of amides is 1. The molecule has 0 spiro atoms.